The molecule has 2 fully saturated rings. The molecule has 1 unspecified atom stereocenters. The molecule has 6 heteroatoms. The van der Waals surface area contributed by atoms with Crippen molar-refractivity contribution in [1.29, 1.82) is 0 Å². The lowest BCUT2D eigenvalue weighted by atomic mass is 9.88. The first-order valence-corrected chi connectivity index (χ1v) is 7.75. The van der Waals surface area contributed by atoms with E-state index in [2.05, 4.69) is 15.2 Å². The van der Waals surface area contributed by atoms with E-state index in [4.69, 9.17) is 0 Å². The van der Waals surface area contributed by atoms with Gasteiger partial charge in [-0.25, -0.2) is 4.98 Å². The standard InChI is InChI=1S/C15H22N4O2/c1-11-4-5-14(19(20)21)15(17-11)18-9-6-12(7-10-18)13-3-2-8-16-13/h4-5,12-13,16H,2-3,6-10H2,1H3. The fourth-order valence-electron chi connectivity index (χ4n) is 3.54. The molecular weight excluding hydrogens is 268 g/mol. The number of hydrogen-bond acceptors (Lipinski definition) is 5. The van der Waals surface area contributed by atoms with Crippen LogP contribution in [0.2, 0.25) is 0 Å². The molecule has 114 valence electrons. The van der Waals surface area contributed by atoms with Crippen LogP contribution in [0.5, 0.6) is 0 Å². The van der Waals surface area contributed by atoms with E-state index in [9.17, 15) is 10.1 Å². The summed E-state index contributed by atoms with van der Waals surface area (Å²) in [6.45, 7) is 4.73. The minimum atomic E-state index is -0.327. The molecule has 3 rings (SSSR count). The summed E-state index contributed by atoms with van der Waals surface area (Å²) in [5, 5.41) is 14.8. The SMILES string of the molecule is Cc1ccc([N+](=O)[O-])c(N2CCC(C3CCCN3)CC2)n1. The number of anilines is 1. The van der Waals surface area contributed by atoms with E-state index >= 15 is 0 Å². The van der Waals surface area contributed by atoms with Crippen LogP contribution in [0.4, 0.5) is 11.5 Å². The quantitative estimate of drug-likeness (QED) is 0.683. The third-order valence-corrected chi connectivity index (χ3v) is 4.70. The van der Waals surface area contributed by atoms with Crippen molar-refractivity contribution >= 4 is 11.5 Å². The largest absolute Gasteiger partial charge is 0.351 e. The van der Waals surface area contributed by atoms with E-state index in [1.54, 1.807) is 12.1 Å². The summed E-state index contributed by atoms with van der Waals surface area (Å²) >= 11 is 0. The maximum Gasteiger partial charge on any atom is 0.311 e. The molecular formula is C15H22N4O2. The number of nitrogens with zero attached hydrogens (tertiary/aromatic N) is 3. The van der Waals surface area contributed by atoms with Gasteiger partial charge in [0.1, 0.15) is 0 Å². The highest BCUT2D eigenvalue weighted by molar-refractivity contribution is 5.58. The highest BCUT2D eigenvalue weighted by atomic mass is 16.6. The van der Waals surface area contributed by atoms with Crippen molar-refractivity contribution < 1.29 is 4.92 Å². The third-order valence-electron chi connectivity index (χ3n) is 4.70. The van der Waals surface area contributed by atoms with Gasteiger partial charge in [-0.05, 0) is 51.1 Å². The Bertz CT molecular complexity index is 520. The lowest BCUT2D eigenvalue weighted by Crippen LogP contribution is -2.41. The van der Waals surface area contributed by atoms with Crippen LogP contribution in [0.3, 0.4) is 0 Å². The van der Waals surface area contributed by atoms with E-state index in [0.717, 1.165) is 38.2 Å². The number of hydrogen-bond donors (Lipinski definition) is 1. The second-order valence-corrected chi connectivity index (χ2v) is 6.08. The maximum atomic E-state index is 11.2. The molecule has 1 aromatic rings. The second kappa shape index (κ2) is 5.97. The van der Waals surface area contributed by atoms with Gasteiger partial charge in [0, 0.05) is 30.9 Å². The van der Waals surface area contributed by atoms with Crippen molar-refractivity contribution in [1.82, 2.24) is 10.3 Å². The predicted octanol–water partition coefficient (Wildman–Crippen LogP) is 2.27. The minimum absolute atomic E-state index is 0.123. The summed E-state index contributed by atoms with van der Waals surface area (Å²) in [5.74, 6) is 1.24. The van der Waals surface area contributed by atoms with Crippen molar-refractivity contribution in [2.24, 2.45) is 5.92 Å². The Morgan fingerprint density at radius 1 is 1.33 bits per heavy atom. The average Bonchev–Trinajstić information content (AvgIpc) is 3.01. The van der Waals surface area contributed by atoms with Crippen LogP contribution in [0.15, 0.2) is 12.1 Å². The average molecular weight is 290 g/mol. The lowest BCUT2D eigenvalue weighted by molar-refractivity contribution is -0.384. The molecule has 0 aromatic carbocycles. The predicted molar refractivity (Wildman–Crippen MR) is 81.6 cm³/mol. The van der Waals surface area contributed by atoms with Gasteiger partial charge in [0.15, 0.2) is 0 Å². The van der Waals surface area contributed by atoms with Gasteiger partial charge in [0.05, 0.1) is 4.92 Å². The van der Waals surface area contributed by atoms with Gasteiger partial charge in [-0.1, -0.05) is 0 Å². The zero-order valence-corrected chi connectivity index (χ0v) is 12.4. The molecule has 1 aromatic heterocycles. The van der Waals surface area contributed by atoms with Crippen LogP contribution >= 0.6 is 0 Å². The summed E-state index contributed by atoms with van der Waals surface area (Å²) in [4.78, 5) is 17.3. The molecule has 0 saturated carbocycles. The van der Waals surface area contributed by atoms with E-state index in [1.165, 1.54) is 12.8 Å². The van der Waals surface area contributed by atoms with E-state index in [0.29, 0.717) is 17.8 Å². The van der Waals surface area contributed by atoms with Gasteiger partial charge in [0.2, 0.25) is 5.82 Å². The summed E-state index contributed by atoms with van der Waals surface area (Å²) < 4.78 is 0. The molecule has 0 spiro atoms. The van der Waals surface area contributed by atoms with Crippen LogP contribution in [-0.2, 0) is 0 Å². The van der Waals surface area contributed by atoms with Crippen LogP contribution in [0.1, 0.15) is 31.4 Å². The van der Waals surface area contributed by atoms with E-state index in [1.807, 2.05) is 6.92 Å². The molecule has 1 atom stereocenters. The Morgan fingerprint density at radius 3 is 2.71 bits per heavy atom. The molecule has 2 aliphatic rings. The van der Waals surface area contributed by atoms with Gasteiger partial charge >= 0.3 is 5.69 Å². The first-order valence-electron chi connectivity index (χ1n) is 7.75. The fraction of sp³-hybridized carbons (Fsp3) is 0.667. The van der Waals surface area contributed by atoms with Gasteiger partial charge in [-0.2, -0.15) is 0 Å². The molecule has 0 radical (unpaired) electrons. The minimum Gasteiger partial charge on any atom is -0.351 e. The Kier molecular flexibility index (Phi) is 4.05. The monoisotopic (exact) mass is 290 g/mol. The second-order valence-electron chi connectivity index (χ2n) is 6.08. The molecule has 2 aliphatic heterocycles. The van der Waals surface area contributed by atoms with Crippen molar-refractivity contribution in [3.8, 4) is 0 Å². The van der Waals surface area contributed by atoms with Crippen molar-refractivity contribution in [3.05, 3.63) is 27.9 Å². The lowest BCUT2D eigenvalue weighted by Gasteiger charge is -2.35. The number of rotatable bonds is 3. The van der Waals surface area contributed by atoms with E-state index < -0.39 is 0 Å². The van der Waals surface area contributed by atoms with Gasteiger partial charge < -0.3 is 10.2 Å². The Labute approximate surface area is 124 Å². The van der Waals surface area contributed by atoms with Gasteiger partial charge in [0.25, 0.3) is 0 Å². The summed E-state index contributed by atoms with van der Waals surface area (Å²) in [6.07, 6.45) is 4.72. The summed E-state index contributed by atoms with van der Waals surface area (Å²) in [6, 6.07) is 3.92. The molecule has 1 N–H and O–H groups in total. The van der Waals surface area contributed by atoms with Crippen LogP contribution in [-0.4, -0.2) is 35.6 Å². The highest BCUT2D eigenvalue weighted by Gasteiger charge is 2.31. The van der Waals surface area contributed by atoms with Crippen molar-refractivity contribution in [3.63, 3.8) is 0 Å². The molecule has 0 amide bonds. The fourth-order valence-corrected chi connectivity index (χ4v) is 3.54. The zero-order chi connectivity index (χ0) is 14.8. The topological polar surface area (TPSA) is 71.3 Å². The molecule has 0 aliphatic carbocycles. The van der Waals surface area contributed by atoms with Crippen LogP contribution in [0.25, 0.3) is 0 Å². The molecule has 2 saturated heterocycles. The number of aromatic nitrogens is 1. The van der Waals surface area contributed by atoms with Crippen LogP contribution < -0.4 is 10.2 Å². The number of nitro groups is 1. The Morgan fingerprint density at radius 2 is 2.10 bits per heavy atom. The Balaban J connectivity index is 1.71. The molecule has 0 bridgehead atoms. The van der Waals surface area contributed by atoms with Gasteiger partial charge in [-0.3, -0.25) is 10.1 Å². The number of pyridine rings is 1. The Hall–Kier alpha value is -1.69. The maximum absolute atomic E-state index is 11.2. The highest BCUT2D eigenvalue weighted by Crippen LogP contribution is 2.32. The van der Waals surface area contributed by atoms with Crippen LogP contribution in [0, 0.1) is 23.0 Å². The molecule has 21 heavy (non-hydrogen) atoms. The van der Waals surface area contributed by atoms with Gasteiger partial charge in [-0.15, -0.1) is 0 Å². The summed E-state index contributed by atoms with van der Waals surface area (Å²) in [7, 11) is 0. The number of nitrogens with one attached hydrogen (secondary N) is 1. The normalized spacial score (nSPS) is 23.5. The van der Waals surface area contributed by atoms with Crippen molar-refractivity contribution in [2.45, 2.75) is 38.6 Å². The summed E-state index contributed by atoms with van der Waals surface area (Å²) in [5.41, 5.74) is 0.952. The molecule has 6 nitrogen and oxygen atoms in total. The molecule has 3 heterocycles. The zero-order valence-electron chi connectivity index (χ0n) is 12.4. The van der Waals surface area contributed by atoms with Crippen molar-refractivity contribution in [2.75, 3.05) is 24.5 Å². The smallest absolute Gasteiger partial charge is 0.311 e. The third kappa shape index (κ3) is 3.00. The first-order chi connectivity index (χ1) is 10.1. The first kappa shape index (κ1) is 14.3. The van der Waals surface area contributed by atoms with E-state index in [-0.39, 0.29) is 10.6 Å². The number of aryl methyl sites for hydroxylation is 1. The number of piperidine rings is 1.